The number of methoxy groups -OCH3 is 2. The average Bonchev–Trinajstić information content (AvgIpc) is 2.81. The molecule has 4 nitrogen and oxygen atoms in total. The van der Waals surface area contributed by atoms with Crippen LogP contribution >= 0.6 is 0 Å². The predicted molar refractivity (Wildman–Crippen MR) is 56.2 cm³/mol. The second-order valence-corrected chi connectivity index (χ2v) is 3.31. The lowest BCUT2D eigenvalue weighted by atomic mass is 10.1. The highest BCUT2D eigenvalue weighted by Crippen LogP contribution is 2.31. The van der Waals surface area contributed by atoms with Crippen molar-refractivity contribution in [2.45, 2.75) is 6.23 Å². The van der Waals surface area contributed by atoms with Crippen molar-refractivity contribution in [1.29, 1.82) is 0 Å². The van der Waals surface area contributed by atoms with Crippen molar-refractivity contribution < 1.29 is 14.2 Å². The molecule has 0 saturated carbocycles. The lowest BCUT2D eigenvalue weighted by molar-refractivity contribution is 0.0995. The molecule has 1 atom stereocenters. The van der Waals surface area contributed by atoms with Crippen LogP contribution in [-0.4, -0.2) is 27.4 Å². The van der Waals surface area contributed by atoms with E-state index in [2.05, 4.69) is 5.32 Å². The highest BCUT2D eigenvalue weighted by Gasteiger charge is 2.20. The molecule has 2 rings (SSSR count). The minimum atomic E-state index is -0.0640. The summed E-state index contributed by atoms with van der Waals surface area (Å²) < 4.78 is 16.0. The standard InChI is InChI=1S/C11H15NO3/c1-13-8-3-4-9(10(7-8)14-2)11-12-5-6-15-11/h3-4,7,11-12H,5-6H2,1-2H3. The maximum atomic E-state index is 5.52. The normalized spacial score (nSPS) is 20.3. The third kappa shape index (κ3) is 2.06. The van der Waals surface area contributed by atoms with Crippen LogP contribution in [0.1, 0.15) is 11.8 Å². The molecule has 15 heavy (non-hydrogen) atoms. The molecule has 4 heteroatoms. The van der Waals surface area contributed by atoms with E-state index >= 15 is 0 Å². The van der Waals surface area contributed by atoms with Gasteiger partial charge in [-0.25, -0.2) is 0 Å². The highest BCUT2D eigenvalue weighted by molar-refractivity contribution is 5.42. The number of hydrogen-bond acceptors (Lipinski definition) is 4. The minimum Gasteiger partial charge on any atom is -0.497 e. The molecule has 1 N–H and O–H groups in total. The van der Waals surface area contributed by atoms with Gasteiger partial charge in [0.25, 0.3) is 0 Å². The zero-order chi connectivity index (χ0) is 10.7. The first kappa shape index (κ1) is 10.3. The van der Waals surface area contributed by atoms with Crippen LogP contribution in [0.15, 0.2) is 18.2 Å². The van der Waals surface area contributed by atoms with Crippen LogP contribution in [0.5, 0.6) is 11.5 Å². The van der Waals surface area contributed by atoms with E-state index in [1.54, 1.807) is 14.2 Å². The molecule has 1 aromatic carbocycles. The molecule has 1 fully saturated rings. The Labute approximate surface area is 89.1 Å². The smallest absolute Gasteiger partial charge is 0.138 e. The van der Waals surface area contributed by atoms with E-state index in [0.717, 1.165) is 30.2 Å². The van der Waals surface area contributed by atoms with Crippen molar-refractivity contribution in [3.63, 3.8) is 0 Å². The van der Waals surface area contributed by atoms with E-state index in [-0.39, 0.29) is 6.23 Å². The first-order chi connectivity index (χ1) is 7.35. The highest BCUT2D eigenvalue weighted by atomic mass is 16.5. The van der Waals surface area contributed by atoms with Gasteiger partial charge in [-0.15, -0.1) is 0 Å². The van der Waals surface area contributed by atoms with E-state index in [4.69, 9.17) is 14.2 Å². The van der Waals surface area contributed by atoms with Gasteiger partial charge in [-0.05, 0) is 12.1 Å². The van der Waals surface area contributed by atoms with Crippen molar-refractivity contribution >= 4 is 0 Å². The molecular formula is C11H15NO3. The Bertz CT molecular complexity index is 335. The van der Waals surface area contributed by atoms with Crippen LogP contribution in [0.4, 0.5) is 0 Å². The van der Waals surface area contributed by atoms with Crippen LogP contribution in [-0.2, 0) is 4.74 Å². The van der Waals surface area contributed by atoms with Crippen molar-refractivity contribution in [3.8, 4) is 11.5 Å². The quantitative estimate of drug-likeness (QED) is 0.815. The topological polar surface area (TPSA) is 39.7 Å². The second kappa shape index (κ2) is 4.51. The molecule has 0 aromatic heterocycles. The van der Waals surface area contributed by atoms with Gasteiger partial charge >= 0.3 is 0 Å². The average molecular weight is 209 g/mol. The third-order valence-corrected chi connectivity index (χ3v) is 2.44. The number of hydrogen-bond donors (Lipinski definition) is 1. The third-order valence-electron chi connectivity index (χ3n) is 2.44. The summed E-state index contributed by atoms with van der Waals surface area (Å²) in [5.74, 6) is 1.57. The maximum Gasteiger partial charge on any atom is 0.138 e. The summed E-state index contributed by atoms with van der Waals surface area (Å²) >= 11 is 0. The molecule has 1 aliphatic rings. The first-order valence-electron chi connectivity index (χ1n) is 4.92. The number of benzene rings is 1. The van der Waals surface area contributed by atoms with Gasteiger partial charge in [0, 0.05) is 18.2 Å². The van der Waals surface area contributed by atoms with Gasteiger partial charge in [-0.1, -0.05) is 0 Å². The molecule has 0 bridgehead atoms. The van der Waals surface area contributed by atoms with Gasteiger partial charge in [0.05, 0.1) is 20.8 Å². The molecule has 1 aliphatic heterocycles. The van der Waals surface area contributed by atoms with E-state index in [1.807, 2.05) is 18.2 Å². The Kier molecular flexibility index (Phi) is 3.08. The molecule has 1 heterocycles. The molecule has 1 aromatic rings. The van der Waals surface area contributed by atoms with Crippen LogP contribution in [0, 0.1) is 0 Å². The molecule has 1 unspecified atom stereocenters. The Morgan fingerprint density at radius 1 is 1.33 bits per heavy atom. The molecule has 0 aliphatic carbocycles. The Morgan fingerprint density at radius 2 is 2.20 bits per heavy atom. The van der Waals surface area contributed by atoms with Crippen molar-refractivity contribution in [2.24, 2.45) is 0 Å². The summed E-state index contributed by atoms with van der Waals surface area (Å²) in [6.07, 6.45) is -0.0640. The van der Waals surface area contributed by atoms with Gasteiger partial charge in [0.2, 0.25) is 0 Å². The summed E-state index contributed by atoms with van der Waals surface area (Å²) in [6, 6.07) is 5.72. The van der Waals surface area contributed by atoms with Crippen LogP contribution in [0.2, 0.25) is 0 Å². The van der Waals surface area contributed by atoms with Crippen molar-refractivity contribution in [1.82, 2.24) is 5.32 Å². The van der Waals surface area contributed by atoms with Gasteiger partial charge < -0.3 is 14.2 Å². The molecule has 0 amide bonds. The monoisotopic (exact) mass is 209 g/mol. The first-order valence-corrected chi connectivity index (χ1v) is 4.92. The van der Waals surface area contributed by atoms with Gasteiger partial charge in [-0.3, -0.25) is 5.32 Å². The van der Waals surface area contributed by atoms with E-state index in [1.165, 1.54) is 0 Å². The second-order valence-electron chi connectivity index (χ2n) is 3.31. The Morgan fingerprint density at radius 3 is 2.80 bits per heavy atom. The Balaban J connectivity index is 2.29. The molecule has 0 spiro atoms. The summed E-state index contributed by atoms with van der Waals surface area (Å²) in [5, 5.41) is 3.24. The maximum absolute atomic E-state index is 5.52. The van der Waals surface area contributed by atoms with E-state index in [0.29, 0.717) is 0 Å². The lowest BCUT2D eigenvalue weighted by Gasteiger charge is -2.15. The predicted octanol–water partition coefficient (Wildman–Crippen LogP) is 1.32. The van der Waals surface area contributed by atoms with Crippen LogP contribution in [0.25, 0.3) is 0 Å². The van der Waals surface area contributed by atoms with Crippen LogP contribution < -0.4 is 14.8 Å². The summed E-state index contributed by atoms with van der Waals surface area (Å²) in [7, 11) is 3.28. The Hall–Kier alpha value is -1.26. The molecule has 82 valence electrons. The number of nitrogens with one attached hydrogen (secondary N) is 1. The zero-order valence-electron chi connectivity index (χ0n) is 8.95. The minimum absolute atomic E-state index is 0.0640. The van der Waals surface area contributed by atoms with E-state index < -0.39 is 0 Å². The zero-order valence-corrected chi connectivity index (χ0v) is 8.95. The van der Waals surface area contributed by atoms with Crippen molar-refractivity contribution in [2.75, 3.05) is 27.4 Å². The fourth-order valence-corrected chi connectivity index (χ4v) is 1.66. The fraction of sp³-hybridized carbons (Fsp3) is 0.455. The van der Waals surface area contributed by atoms with E-state index in [9.17, 15) is 0 Å². The largest absolute Gasteiger partial charge is 0.497 e. The molecule has 0 radical (unpaired) electrons. The van der Waals surface area contributed by atoms with Gasteiger partial charge in [-0.2, -0.15) is 0 Å². The van der Waals surface area contributed by atoms with Crippen molar-refractivity contribution in [3.05, 3.63) is 23.8 Å². The summed E-state index contributed by atoms with van der Waals surface area (Å²) in [5.41, 5.74) is 1.01. The molecule has 1 saturated heterocycles. The van der Waals surface area contributed by atoms with Gasteiger partial charge in [0.1, 0.15) is 17.7 Å². The lowest BCUT2D eigenvalue weighted by Crippen LogP contribution is -2.14. The van der Waals surface area contributed by atoms with Crippen LogP contribution in [0.3, 0.4) is 0 Å². The summed E-state index contributed by atoms with van der Waals surface area (Å²) in [4.78, 5) is 0. The fourth-order valence-electron chi connectivity index (χ4n) is 1.66. The van der Waals surface area contributed by atoms with Gasteiger partial charge in [0.15, 0.2) is 0 Å². The number of ether oxygens (including phenoxy) is 3. The molecular weight excluding hydrogens is 194 g/mol. The summed E-state index contributed by atoms with van der Waals surface area (Å²) in [6.45, 7) is 1.61. The SMILES string of the molecule is COc1ccc(C2NCCO2)c(OC)c1. The number of rotatable bonds is 3.